The number of aromatic nitrogens is 2. The number of nitrogens with zero attached hydrogens (tertiary/aromatic N) is 2. The number of amides is 1. The van der Waals surface area contributed by atoms with E-state index in [1.54, 1.807) is 24.3 Å². The van der Waals surface area contributed by atoms with Crippen LogP contribution in [0, 0.1) is 0 Å². The van der Waals surface area contributed by atoms with E-state index in [2.05, 4.69) is 15.5 Å². The van der Waals surface area contributed by atoms with E-state index in [4.69, 9.17) is 16.0 Å². The van der Waals surface area contributed by atoms with Crippen molar-refractivity contribution in [2.24, 2.45) is 0 Å². The summed E-state index contributed by atoms with van der Waals surface area (Å²) in [6.07, 6.45) is 3.09. The lowest BCUT2D eigenvalue weighted by Gasteiger charge is -1.97. The van der Waals surface area contributed by atoms with Crippen LogP contribution in [0.15, 0.2) is 65.1 Å². The quantitative estimate of drug-likeness (QED) is 0.735. The number of carbonyl (C=O) groups is 1. The smallest absolute Gasteiger partial charge is 0.322 e. The Hall–Kier alpha value is -2.92. The summed E-state index contributed by atoms with van der Waals surface area (Å²) >= 11 is 6.07. The van der Waals surface area contributed by atoms with Crippen molar-refractivity contribution < 1.29 is 9.21 Å². The Morgan fingerprint density at radius 3 is 2.57 bits per heavy atom. The molecule has 1 heterocycles. The highest BCUT2D eigenvalue weighted by molar-refractivity contribution is 6.33. The van der Waals surface area contributed by atoms with E-state index in [0.717, 1.165) is 5.56 Å². The molecule has 1 amide bonds. The number of halogens is 1. The van der Waals surface area contributed by atoms with E-state index >= 15 is 0 Å². The molecule has 0 saturated carbocycles. The van der Waals surface area contributed by atoms with Crippen molar-refractivity contribution in [3.05, 3.63) is 71.3 Å². The lowest BCUT2D eigenvalue weighted by atomic mass is 10.2. The number of carbonyl (C=O) groups excluding carboxylic acids is 1. The van der Waals surface area contributed by atoms with Gasteiger partial charge in [0.15, 0.2) is 0 Å². The molecule has 6 heteroatoms. The summed E-state index contributed by atoms with van der Waals surface area (Å²) in [5, 5.41) is 10.7. The zero-order chi connectivity index (χ0) is 16.1. The molecular weight excluding hydrogens is 314 g/mol. The highest BCUT2D eigenvalue weighted by Crippen LogP contribution is 2.27. The van der Waals surface area contributed by atoms with Gasteiger partial charge >= 0.3 is 6.01 Å². The number of rotatable bonds is 4. The molecule has 0 spiro atoms. The van der Waals surface area contributed by atoms with Gasteiger partial charge in [-0.1, -0.05) is 59.2 Å². The SMILES string of the molecule is O=C(C=Cc1ccccc1)Nc1nnc(-c2ccccc2Cl)o1. The van der Waals surface area contributed by atoms with Crippen molar-refractivity contribution in [1.82, 2.24) is 10.2 Å². The van der Waals surface area contributed by atoms with Crippen molar-refractivity contribution in [3.8, 4) is 11.5 Å². The monoisotopic (exact) mass is 325 g/mol. The maximum atomic E-state index is 11.8. The average molecular weight is 326 g/mol. The van der Waals surface area contributed by atoms with Gasteiger partial charge in [0.2, 0.25) is 0 Å². The largest absolute Gasteiger partial charge is 0.403 e. The molecule has 0 unspecified atom stereocenters. The van der Waals surface area contributed by atoms with Crippen LogP contribution < -0.4 is 5.32 Å². The van der Waals surface area contributed by atoms with E-state index in [0.29, 0.717) is 10.6 Å². The van der Waals surface area contributed by atoms with Gasteiger partial charge in [0.05, 0.1) is 10.6 Å². The molecular formula is C17H12ClN3O2. The molecule has 1 N–H and O–H groups in total. The first-order valence-electron chi connectivity index (χ1n) is 6.85. The van der Waals surface area contributed by atoms with Crippen LogP contribution in [0.5, 0.6) is 0 Å². The van der Waals surface area contributed by atoms with Gasteiger partial charge in [0, 0.05) is 6.08 Å². The lowest BCUT2D eigenvalue weighted by Crippen LogP contribution is -2.07. The second-order valence-electron chi connectivity index (χ2n) is 4.63. The third kappa shape index (κ3) is 3.84. The Labute approximate surface area is 137 Å². The van der Waals surface area contributed by atoms with E-state index in [9.17, 15) is 4.79 Å². The number of anilines is 1. The molecule has 0 atom stereocenters. The summed E-state index contributed by atoms with van der Waals surface area (Å²) in [7, 11) is 0. The van der Waals surface area contributed by atoms with Crippen LogP contribution in [-0.2, 0) is 4.79 Å². The maximum absolute atomic E-state index is 11.8. The first kappa shape index (κ1) is 15.0. The fourth-order valence-corrected chi connectivity index (χ4v) is 2.12. The molecule has 0 fully saturated rings. The van der Waals surface area contributed by atoms with Crippen molar-refractivity contribution >= 4 is 29.6 Å². The summed E-state index contributed by atoms with van der Waals surface area (Å²) in [5.41, 5.74) is 1.53. The molecule has 5 nitrogen and oxygen atoms in total. The number of benzene rings is 2. The third-order valence-electron chi connectivity index (χ3n) is 2.99. The highest BCUT2D eigenvalue weighted by Gasteiger charge is 2.12. The second kappa shape index (κ2) is 6.89. The van der Waals surface area contributed by atoms with Crippen LogP contribution in [-0.4, -0.2) is 16.1 Å². The molecule has 0 saturated heterocycles. The average Bonchev–Trinajstić information content (AvgIpc) is 3.02. The summed E-state index contributed by atoms with van der Waals surface area (Å²) in [6, 6.07) is 16.6. The van der Waals surface area contributed by atoms with Crippen LogP contribution in [0.4, 0.5) is 6.01 Å². The molecule has 0 aliphatic rings. The van der Waals surface area contributed by atoms with Crippen molar-refractivity contribution in [2.45, 2.75) is 0 Å². The molecule has 0 bridgehead atoms. The molecule has 0 radical (unpaired) electrons. The van der Waals surface area contributed by atoms with Crippen molar-refractivity contribution in [3.63, 3.8) is 0 Å². The molecule has 114 valence electrons. The summed E-state index contributed by atoms with van der Waals surface area (Å²) in [6.45, 7) is 0. The third-order valence-corrected chi connectivity index (χ3v) is 3.32. The minimum atomic E-state index is -0.358. The molecule has 23 heavy (non-hydrogen) atoms. The van der Waals surface area contributed by atoms with Gasteiger partial charge in [-0.2, -0.15) is 0 Å². The van der Waals surface area contributed by atoms with Gasteiger partial charge in [-0.25, -0.2) is 0 Å². The van der Waals surface area contributed by atoms with E-state index < -0.39 is 0 Å². The predicted octanol–water partition coefficient (Wildman–Crippen LogP) is 4.04. The van der Waals surface area contributed by atoms with Gasteiger partial charge in [0.25, 0.3) is 11.8 Å². The van der Waals surface area contributed by atoms with Gasteiger partial charge in [-0.3, -0.25) is 10.1 Å². The fourth-order valence-electron chi connectivity index (χ4n) is 1.90. The summed E-state index contributed by atoms with van der Waals surface area (Å²) < 4.78 is 5.40. The maximum Gasteiger partial charge on any atom is 0.322 e. The van der Waals surface area contributed by atoms with Crippen LogP contribution in [0.3, 0.4) is 0 Å². The number of hydrogen-bond acceptors (Lipinski definition) is 4. The highest BCUT2D eigenvalue weighted by atomic mass is 35.5. The fraction of sp³-hybridized carbons (Fsp3) is 0. The first-order valence-corrected chi connectivity index (χ1v) is 7.23. The minimum absolute atomic E-state index is 0.0163. The Balaban J connectivity index is 1.68. The Bertz CT molecular complexity index is 844. The molecule has 0 aliphatic heterocycles. The van der Waals surface area contributed by atoms with E-state index in [1.807, 2.05) is 36.4 Å². The van der Waals surface area contributed by atoms with Crippen LogP contribution >= 0.6 is 11.6 Å². The number of nitrogens with one attached hydrogen (secondary N) is 1. The topological polar surface area (TPSA) is 68.0 Å². The molecule has 1 aromatic heterocycles. The zero-order valence-corrected chi connectivity index (χ0v) is 12.7. The Morgan fingerprint density at radius 2 is 1.78 bits per heavy atom. The minimum Gasteiger partial charge on any atom is -0.403 e. The summed E-state index contributed by atoms with van der Waals surface area (Å²) in [5.74, 6) is -0.110. The van der Waals surface area contributed by atoms with Crippen LogP contribution in [0.1, 0.15) is 5.56 Å². The molecule has 2 aromatic carbocycles. The normalized spacial score (nSPS) is 10.8. The molecule has 0 aliphatic carbocycles. The zero-order valence-electron chi connectivity index (χ0n) is 11.9. The second-order valence-corrected chi connectivity index (χ2v) is 5.03. The van der Waals surface area contributed by atoms with Gasteiger partial charge < -0.3 is 4.42 Å². The molecule has 3 rings (SSSR count). The van der Waals surface area contributed by atoms with Crippen molar-refractivity contribution in [2.75, 3.05) is 5.32 Å². The van der Waals surface area contributed by atoms with Crippen LogP contribution in [0.2, 0.25) is 5.02 Å². The first-order chi connectivity index (χ1) is 11.2. The standard InChI is InChI=1S/C17H12ClN3O2/c18-14-9-5-4-8-13(14)16-20-21-17(23-16)19-15(22)11-10-12-6-2-1-3-7-12/h1-11H,(H,19,21,22). The Kier molecular flexibility index (Phi) is 4.49. The molecule has 3 aromatic rings. The van der Waals surface area contributed by atoms with Gasteiger partial charge in [0.1, 0.15) is 0 Å². The van der Waals surface area contributed by atoms with Crippen LogP contribution in [0.25, 0.3) is 17.5 Å². The Morgan fingerprint density at radius 1 is 1.04 bits per heavy atom. The summed E-state index contributed by atoms with van der Waals surface area (Å²) in [4.78, 5) is 11.8. The van der Waals surface area contributed by atoms with Crippen molar-refractivity contribution in [1.29, 1.82) is 0 Å². The predicted molar refractivity (Wildman–Crippen MR) is 88.8 cm³/mol. The number of hydrogen-bond donors (Lipinski definition) is 1. The lowest BCUT2D eigenvalue weighted by molar-refractivity contribution is -0.112. The van der Waals surface area contributed by atoms with E-state index in [-0.39, 0.29) is 17.8 Å². The van der Waals surface area contributed by atoms with E-state index in [1.165, 1.54) is 6.08 Å². The van der Waals surface area contributed by atoms with Gasteiger partial charge in [-0.15, -0.1) is 5.10 Å². The van der Waals surface area contributed by atoms with Gasteiger partial charge in [-0.05, 0) is 23.8 Å².